The molecule has 0 N–H and O–H groups in total. The first-order valence-corrected chi connectivity index (χ1v) is 14.7. The summed E-state index contributed by atoms with van der Waals surface area (Å²) in [4.78, 5) is 20.8. The molecule has 0 radical (unpaired) electrons. The molecule has 0 aromatic heterocycles. The number of unbranched alkanes of at least 4 members (excludes halogenated alkanes) is 18. The van der Waals surface area contributed by atoms with E-state index in [0.29, 0.717) is 0 Å². The molecule has 0 aliphatic carbocycles. The van der Waals surface area contributed by atoms with Crippen molar-refractivity contribution in [1.82, 2.24) is 0 Å². The maximum atomic E-state index is 11.4. The van der Waals surface area contributed by atoms with Gasteiger partial charge in [0.15, 0.2) is 0 Å². The fourth-order valence-corrected chi connectivity index (χ4v) is 3.85. The van der Waals surface area contributed by atoms with E-state index in [1.165, 1.54) is 89.9 Å². The molecule has 0 aliphatic rings. The topological polar surface area (TPSA) is 86.3 Å². The molecule has 0 heterocycles. The van der Waals surface area contributed by atoms with Gasteiger partial charge in [0.1, 0.15) is 0 Å². The average Bonchev–Trinajstić information content (AvgIpc) is 2.77. The minimum absolute atomic E-state index is 0. The molecule has 0 saturated carbocycles. The van der Waals surface area contributed by atoms with E-state index in [2.05, 4.69) is 33.1 Å². The van der Waals surface area contributed by atoms with Gasteiger partial charge < -0.3 is 4.89 Å². The Morgan fingerprint density at radius 2 is 0.848 bits per heavy atom. The van der Waals surface area contributed by atoms with Gasteiger partial charge in [-0.2, -0.15) is 4.67 Å². The van der Waals surface area contributed by atoms with Crippen LogP contribution in [0.3, 0.4) is 0 Å². The Bertz CT molecular complexity index is 416. The quantitative estimate of drug-likeness (QED) is 0.0504. The van der Waals surface area contributed by atoms with E-state index in [1.807, 2.05) is 0 Å². The van der Waals surface area contributed by atoms with E-state index in [9.17, 15) is 9.46 Å². The second-order valence-electron chi connectivity index (χ2n) is 8.67. The van der Waals surface area contributed by atoms with Crippen molar-refractivity contribution in [3.8, 4) is 0 Å². The van der Waals surface area contributed by atoms with Crippen molar-refractivity contribution in [2.45, 2.75) is 142 Å². The van der Waals surface area contributed by atoms with Gasteiger partial charge in [-0.3, -0.25) is 4.57 Å². The second kappa shape index (κ2) is 29.2. The Labute approximate surface area is 225 Å². The minimum Gasteiger partial charge on any atom is -0.753 e. The summed E-state index contributed by atoms with van der Waals surface area (Å²) in [6.45, 7) is 4.89. The standard InChI is InChI=1S/C24H51O7P.Na/c1-3-5-7-9-11-12-13-14-15-16-17-18-20-22-24-28-30-32(25,26)31-29-27-23-21-19-10-8-6-4-2;/h3-24H2,1-2H3,(H,25,26);/q;+1/p-1. The van der Waals surface area contributed by atoms with Crippen molar-refractivity contribution in [2.24, 2.45) is 0 Å². The molecule has 0 rings (SSSR count). The summed E-state index contributed by atoms with van der Waals surface area (Å²) in [6, 6.07) is 0. The van der Waals surface area contributed by atoms with Crippen LogP contribution in [0, 0.1) is 0 Å². The molecule has 0 bridgehead atoms. The van der Waals surface area contributed by atoms with Crippen LogP contribution in [0.4, 0.5) is 0 Å². The third-order valence-electron chi connectivity index (χ3n) is 5.48. The molecule has 0 amide bonds. The summed E-state index contributed by atoms with van der Waals surface area (Å²) < 4.78 is 19.9. The van der Waals surface area contributed by atoms with Gasteiger partial charge in [0.25, 0.3) is 0 Å². The van der Waals surface area contributed by atoms with Gasteiger partial charge in [-0.25, -0.2) is 9.78 Å². The maximum Gasteiger partial charge on any atom is 1.00 e. The summed E-state index contributed by atoms with van der Waals surface area (Å²) in [5.41, 5.74) is 0. The molecule has 33 heavy (non-hydrogen) atoms. The summed E-state index contributed by atoms with van der Waals surface area (Å²) in [5.74, 6) is 0. The summed E-state index contributed by atoms with van der Waals surface area (Å²) >= 11 is 0. The number of rotatable bonds is 27. The Kier molecular flexibility index (Phi) is 32.0. The van der Waals surface area contributed by atoms with Crippen LogP contribution in [-0.2, 0) is 28.7 Å². The van der Waals surface area contributed by atoms with Crippen molar-refractivity contribution >= 4 is 7.82 Å². The van der Waals surface area contributed by atoms with Crippen LogP contribution < -0.4 is 34.5 Å². The van der Waals surface area contributed by atoms with Gasteiger partial charge in [-0.05, 0) is 12.8 Å². The number of phosphoric acid groups is 1. The Morgan fingerprint density at radius 3 is 1.24 bits per heavy atom. The predicted octanol–water partition coefficient (Wildman–Crippen LogP) is 5.13. The van der Waals surface area contributed by atoms with E-state index in [-0.39, 0.29) is 42.8 Å². The Hall–Kier alpha value is 0.990. The first kappa shape index (κ1) is 36.1. The molecule has 0 saturated heterocycles. The Morgan fingerprint density at radius 1 is 0.515 bits per heavy atom. The van der Waals surface area contributed by atoms with Gasteiger partial charge in [0, 0.05) is 0 Å². The first-order chi connectivity index (χ1) is 15.6. The van der Waals surface area contributed by atoms with Gasteiger partial charge in [-0.1, -0.05) is 134 Å². The largest absolute Gasteiger partial charge is 1.00 e. The first-order valence-electron chi connectivity index (χ1n) is 13.2. The third-order valence-corrected chi connectivity index (χ3v) is 6.01. The van der Waals surface area contributed by atoms with Crippen molar-refractivity contribution in [3.63, 3.8) is 0 Å². The van der Waals surface area contributed by atoms with Crippen molar-refractivity contribution < 1.29 is 63.2 Å². The van der Waals surface area contributed by atoms with Crippen LogP contribution in [0.5, 0.6) is 0 Å². The summed E-state index contributed by atoms with van der Waals surface area (Å²) in [5, 5.41) is 4.22. The fourth-order valence-electron chi connectivity index (χ4n) is 3.50. The van der Waals surface area contributed by atoms with Gasteiger partial charge in [0.2, 0.25) is 0 Å². The Balaban J connectivity index is 0. The molecule has 0 aromatic rings. The monoisotopic (exact) mass is 504 g/mol. The molecule has 0 aliphatic heterocycles. The smallest absolute Gasteiger partial charge is 0.753 e. The van der Waals surface area contributed by atoms with Crippen molar-refractivity contribution in [1.29, 1.82) is 0 Å². The summed E-state index contributed by atoms with van der Waals surface area (Å²) in [7, 11) is -4.67. The number of hydrogen-bond acceptors (Lipinski definition) is 7. The van der Waals surface area contributed by atoms with Crippen LogP contribution in [0.25, 0.3) is 0 Å². The molecule has 7 nitrogen and oxygen atoms in total. The van der Waals surface area contributed by atoms with Crippen LogP contribution in [0.2, 0.25) is 0 Å². The predicted molar refractivity (Wildman–Crippen MR) is 126 cm³/mol. The molecule has 194 valence electrons. The number of hydrogen-bond donors (Lipinski definition) is 0. The molecule has 1 atom stereocenters. The van der Waals surface area contributed by atoms with Gasteiger partial charge in [-0.15, -0.1) is 4.67 Å². The van der Waals surface area contributed by atoms with E-state index < -0.39 is 7.82 Å². The summed E-state index contributed by atoms with van der Waals surface area (Å²) in [6.07, 6.45) is 24.2. The maximum absolute atomic E-state index is 11.4. The molecule has 0 spiro atoms. The van der Waals surface area contributed by atoms with Gasteiger partial charge >= 0.3 is 37.4 Å². The van der Waals surface area contributed by atoms with Crippen molar-refractivity contribution in [2.75, 3.05) is 13.2 Å². The zero-order chi connectivity index (χ0) is 23.6. The molecule has 9 heteroatoms. The molecular formula is C24H50NaO7P. The van der Waals surface area contributed by atoms with E-state index >= 15 is 0 Å². The van der Waals surface area contributed by atoms with Gasteiger partial charge in [0.05, 0.1) is 13.2 Å². The molecule has 0 aromatic carbocycles. The van der Waals surface area contributed by atoms with Crippen LogP contribution in [-0.4, -0.2) is 13.2 Å². The second-order valence-corrected chi connectivity index (χ2v) is 9.86. The molecule has 1 unspecified atom stereocenters. The van der Waals surface area contributed by atoms with Crippen LogP contribution in [0.1, 0.15) is 142 Å². The fraction of sp³-hybridized carbons (Fsp3) is 1.00. The van der Waals surface area contributed by atoms with E-state index in [1.54, 1.807) is 0 Å². The van der Waals surface area contributed by atoms with Crippen molar-refractivity contribution in [3.05, 3.63) is 0 Å². The van der Waals surface area contributed by atoms with E-state index in [4.69, 9.17) is 4.89 Å². The zero-order valence-corrected chi connectivity index (χ0v) is 24.8. The van der Waals surface area contributed by atoms with Crippen LogP contribution in [0.15, 0.2) is 0 Å². The average molecular weight is 505 g/mol. The SMILES string of the molecule is CCCCCCCCCCCCCCCCOOP(=O)([O-])OOOCCCCCCCC.[Na+]. The normalized spacial score (nSPS) is 13.1. The molecular weight excluding hydrogens is 454 g/mol. The minimum atomic E-state index is -4.67. The third kappa shape index (κ3) is 31.0. The van der Waals surface area contributed by atoms with E-state index in [0.717, 1.165) is 38.5 Å². The zero-order valence-electron chi connectivity index (χ0n) is 21.9. The van der Waals surface area contributed by atoms with Crippen LogP contribution >= 0.6 is 7.82 Å². The molecule has 0 fully saturated rings.